The van der Waals surface area contributed by atoms with Crippen molar-refractivity contribution in [2.75, 3.05) is 13.1 Å². The summed E-state index contributed by atoms with van der Waals surface area (Å²) < 4.78 is 0. The Morgan fingerprint density at radius 3 is 2.59 bits per heavy atom. The van der Waals surface area contributed by atoms with Crippen LogP contribution in [0.1, 0.15) is 35.8 Å². The summed E-state index contributed by atoms with van der Waals surface area (Å²) in [5.41, 5.74) is 4.12. The van der Waals surface area contributed by atoms with Gasteiger partial charge < -0.3 is 4.90 Å². The highest BCUT2D eigenvalue weighted by Crippen LogP contribution is 2.30. The summed E-state index contributed by atoms with van der Waals surface area (Å²) in [4.78, 5) is 15.8. The van der Waals surface area contributed by atoms with E-state index < -0.39 is 0 Å². The van der Waals surface area contributed by atoms with E-state index in [1.807, 2.05) is 6.07 Å². The van der Waals surface area contributed by atoms with Crippen LogP contribution in [0.5, 0.6) is 0 Å². The van der Waals surface area contributed by atoms with E-state index in [2.05, 4.69) is 53.4 Å². The van der Waals surface area contributed by atoms with E-state index in [-0.39, 0.29) is 12.1 Å². The van der Waals surface area contributed by atoms with E-state index in [0.29, 0.717) is 6.04 Å². The first-order valence-electron chi connectivity index (χ1n) is 8.01. The van der Waals surface area contributed by atoms with Crippen molar-refractivity contribution in [2.45, 2.75) is 25.6 Å². The first-order chi connectivity index (χ1) is 10.8. The summed E-state index contributed by atoms with van der Waals surface area (Å²) >= 11 is 0. The van der Waals surface area contributed by atoms with Crippen LogP contribution in [0, 0.1) is 0 Å². The van der Waals surface area contributed by atoms with Gasteiger partial charge in [0.15, 0.2) is 6.17 Å². The average molecular weight is 293 g/mol. The van der Waals surface area contributed by atoms with Gasteiger partial charge in [-0.15, -0.1) is 0 Å². The number of rotatable bonds is 1. The zero-order valence-electron chi connectivity index (χ0n) is 12.8. The van der Waals surface area contributed by atoms with Crippen molar-refractivity contribution < 1.29 is 9.69 Å². The molecule has 1 amide bonds. The van der Waals surface area contributed by atoms with Crippen LogP contribution < -0.4 is 4.90 Å². The third-order valence-electron chi connectivity index (χ3n) is 5.12. The van der Waals surface area contributed by atoms with Crippen LogP contribution in [0.25, 0.3) is 0 Å². The third-order valence-corrected chi connectivity index (χ3v) is 5.12. The van der Waals surface area contributed by atoms with Crippen molar-refractivity contribution in [1.82, 2.24) is 4.90 Å². The predicted octanol–water partition coefficient (Wildman–Crippen LogP) is 1.73. The van der Waals surface area contributed by atoms with Crippen molar-refractivity contribution in [3.8, 4) is 0 Å². The zero-order chi connectivity index (χ0) is 15.1. The van der Waals surface area contributed by atoms with Crippen LogP contribution in [-0.4, -0.2) is 23.9 Å². The largest absolute Gasteiger partial charge is 0.303 e. The fourth-order valence-electron chi connectivity index (χ4n) is 4.14. The van der Waals surface area contributed by atoms with Gasteiger partial charge in [0.05, 0.1) is 13.1 Å². The first-order valence-corrected chi connectivity index (χ1v) is 8.01. The molecule has 0 saturated carbocycles. The van der Waals surface area contributed by atoms with E-state index in [1.54, 1.807) is 6.92 Å². The molecule has 1 N–H and O–H groups in total. The van der Waals surface area contributed by atoms with Gasteiger partial charge in [-0.3, -0.25) is 9.69 Å². The average Bonchev–Trinajstić information content (AvgIpc) is 2.96. The molecule has 1 saturated heterocycles. The Morgan fingerprint density at radius 1 is 1.09 bits per heavy atom. The molecule has 1 unspecified atom stereocenters. The van der Waals surface area contributed by atoms with Gasteiger partial charge in [0.25, 0.3) is 0 Å². The summed E-state index contributed by atoms with van der Waals surface area (Å²) in [7, 11) is 0. The SMILES string of the molecule is CC(=O)N1C[C@H]2c3ccccc3CC[NH+]2[C@@H]1c1ccccc1. The molecule has 0 bridgehead atoms. The van der Waals surface area contributed by atoms with Gasteiger partial charge in [0, 0.05) is 24.5 Å². The second kappa shape index (κ2) is 5.25. The normalized spacial score (nSPS) is 26.4. The van der Waals surface area contributed by atoms with Crippen LogP contribution in [0.3, 0.4) is 0 Å². The number of quaternary nitrogens is 1. The predicted molar refractivity (Wildman–Crippen MR) is 85.3 cm³/mol. The van der Waals surface area contributed by atoms with Crippen molar-refractivity contribution in [1.29, 1.82) is 0 Å². The second-order valence-corrected chi connectivity index (χ2v) is 6.31. The molecule has 0 aliphatic carbocycles. The number of hydrogen-bond donors (Lipinski definition) is 1. The van der Waals surface area contributed by atoms with Crippen molar-refractivity contribution in [3.05, 3.63) is 71.3 Å². The van der Waals surface area contributed by atoms with E-state index in [4.69, 9.17) is 0 Å². The number of nitrogens with zero attached hydrogens (tertiary/aromatic N) is 1. The molecule has 2 heterocycles. The topological polar surface area (TPSA) is 24.8 Å². The molecule has 1 fully saturated rings. The minimum absolute atomic E-state index is 0.150. The third kappa shape index (κ3) is 2.04. The lowest BCUT2D eigenvalue weighted by molar-refractivity contribution is -0.954. The second-order valence-electron chi connectivity index (χ2n) is 6.31. The fraction of sp³-hybridized carbons (Fsp3) is 0.316. The maximum Gasteiger partial charge on any atom is 0.224 e. The molecule has 0 spiro atoms. The van der Waals surface area contributed by atoms with Crippen molar-refractivity contribution >= 4 is 5.91 Å². The number of amides is 1. The van der Waals surface area contributed by atoms with Gasteiger partial charge in [-0.2, -0.15) is 0 Å². The maximum atomic E-state index is 12.2. The van der Waals surface area contributed by atoms with E-state index >= 15 is 0 Å². The monoisotopic (exact) mass is 293 g/mol. The molecule has 2 aliphatic heterocycles. The van der Waals surface area contributed by atoms with Crippen LogP contribution in [-0.2, 0) is 11.2 Å². The lowest BCUT2D eigenvalue weighted by Gasteiger charge is -2.32. The van der Waals surface area contributed by atoms with Crippen molar-refractivity contribution in [2.24, 2.45) is 0 Å². The Kier molecular flexibility index (Phi) is 3.23. The lowest BCUT2D eigenvalue weighted by Crippen LogP contribution is -3.12. The molecule has 3 nitrogen and oxygen atoms in total. The zero-order valence-corrected chi connectivity index (χ0v) is 12.8. The number of hydrogen-bond acceptors (Lipinski definition) is 1. The van der Waals surface area contributed by atoms with Gasteiger partial charge in [-0.1, -0.05) is 54.6 Å². The van der Waals surface area contributed by atoms with E-state index in [1.165, 1.54) is 21.6 Å². The Balaban J connectivity index is 1.78. The highest BCUT2D eigenvalue weighted by Gasteiger charge is 2.48. The molecule has 0 radical (unpaired) electrons. The summed E-state index contributed by atoms with van der Waals surface area (Å²) in [6.07, 6.45) is 1.24. The highest BCUT2D eigenvalue weighted by molar-refractivity contribution is 5.74. The molecule has 4 rings (SSSR count). The van der Waals surface area contributed by atoms with Gasteiger partial charge in [-0.25, -0.2) is 0 Å². The molecule has 22 heavy (non-hydrogen) atoms. The van der Waals surface area contributed by atoms with Gasteiger partial charge in [-0.05, 0) is 5.56 Å². The van der Waals surface area contributed by atoms with Gasteiger partial charge in [0.1, 0.15) is 6.04 Å². The lowest BCUT2D eigenvalue weighted by atomic mass is 9.93. The molecule has 3 heteroatoms. The minimum atomic E-state index is 0.150. The number of nitrogens with one attached hydrogen (secondary N) is 1. The molecule has 2 aromatic rings. The molecule has 2 aliphatic rings. The van der Waals surface area contributed by atoms with Crippen LogP contribution in [0.4, 0.5) is 0 Å². The maximum absolute atomic E-state index is 12.2. The van der Waals surface area contributed by atoms with E-state index in [0.717, 1.165) is 19.5 Å². The molecule has 2 aromatic carbocycles. The highest BCUT2D eigenvalue weighted by atomic mass is 16.2. The first kappa shape index (κ1) is 13.5. The van der Waals surface area contributed by atoms with Crippen molar-refractivity contribution in [3.63, 3.8) is 0 Å². The summed E-state index contributed by atoms with van der Waals surface area (Å²) in [5.74, 6) is 0.174. The Bertz CT molecular complexity index is 698. The smallest absolute Gasteiger partial charge is 0.224 e. The standard InChI is InChI=1S/C19H20N2O/c1-14(22)21-13-18-17-10-6-5-7-15(17)11-12-20(18)19(21)16-8-3-2-4-9-16/h2-10,18-19H,11-13H2,1H3/p+1/t18-,19-/m0/s1. The van der Waals surface area contributed by atoms with Gasteiger partial charge >= 0.3 is 0 Å². The van der Waals surface area contributed by atoms with E-state index in [9.17, 15) is 4.79 Å². The molecular weight excluding hydrogens is 272 g/mol. The summed E-state index contributed by atoms with van der Waals surface area (Å²) in [5, 5.41) is 0. The summed E-state index contributed by atoms with van der Waals surface area (Å²) in [6, 6.07) is 19.6. The van der Waals surface area contributed by atoms with Crippen LogP contribution in [0.15, 0.2) is 54.6 Å². The quantitative estimate of drug-likeness (QED) is 0.851. The number of carbonyl (C=O) groups is 1. The number of fused-ring (bicyclic) bond motifs is 3. The molecule has 112 valence electrons. The van der Waals surface area contributed by atoms with Crippen LogP contribution in [0.2, 0.25) is 0 Å². The Morgan fingerprint density at radius 2 is 1.82 bits per heavy atom. The number of benzene rings is 2. The van der Waals surface area contributed by atoms with Crippen LogP contribution >= 0.6 is 0 Å². The Labute approximate surface area is 131 Å². The molecule has 3 atom stereocenters. The molecular formula is C19H21N2O+. The summed E-state index contributed by atoms with van der Waals surface area (Å²) in [6.45, 7) is 3.60. The fourth-order valence-corrected chi connectivity index (χ4v) is 4.14. The van der Waals surface area contributed by atoms with Gasteiger partial charge in [0.2, 0.25) is 5.91 Å². The Hall–Kier alpha value is -2.13. The molecule has 0 aromatic heterocycles. The minimum Gasteiger partial charge on any atom is -0.303 e. The number of carbonyl (C=O) groups excluding carboxylic acids is 1.